The molecule has 2 heterocycles. The Hall–Kier alpha value is -2.14. The molecule has 1 aliphatic rings. The van der Waals surface area contributed by atoms with Gasteiger partial charge in [-0.3, -0.25) is 4.79 Å². The van der Waals surface area contributed by atoms with E-state index < -0.39 is 0 Å². The highest BCUT2D eigenvalue weighted by atomic mass is 16.1. The zero-order chi connectivity index (χ0) is 15.5. The van der Waals surface area contributed by atoms with Crippen LogP contribution in [0.5, 0.6) is 0 Å². The first-order chi connectivity index (χ1) is 10.6. The molecule has 3 rings (SSSR count). The number of rotatable bonds is 5. The van der Waals surface area contributed by atoms with Gasteiger partial charge in [0.2, 0.25) is 5.91 Å². The van der Waals surface area contributed by atoms with Crippen LogP contribution in [-0.2, 0) is 19.5 Å². The van der Waals surface area contributed by atoms with E-state index in [1.54, 1.807) is 6.07 Å². The van der Waals surface area contributed by atoms with Gasteiger partial charge < -0.3 is 15.2 Å². The predicted octanol–water partition coefficient (Wildman–Crippen LogP) is 1.68. The molecule has 5 heteroatoms. The van der Waals surface area contributed by atoms with Crippen molar-refractivity contribution in [3.63, 3.8) is 0 Å². The maximum atomic E-state index is 11.2. The number of primary amides is 1. The molecule has 22 heavy (non-hydrogen) atoms. The van der Waals surface area contributed by atoms with Crippen LogP contribution in [0.25, 0.3) is 0 Å². The minimum Gasteiger partial charge on any atom is -0.366 e. The average molecular weight is 298 g/mol. The summed E-state index contributed by atoms with van der Waals surface area (Å²) in [7, 11) is 2.13. The molecule has 2 N–H and O–H groups in total. The number of aromatic nitrogens is 2. The summed E-state index contributed by atoms with van der Waals surface area (Å²) >= 11 is 0. The number of nitrogens with zero attached hydrogens (tertiary/aromatic N) is 3. The third-order valence-electron chi connectivity index (χ3n) is 4.27. The van der Waals surface area contributed by atoms with Crippen molar-refractivity contribution in [1.29, 1.82) is 0 Å². The number of fused-ring (bicyclic) bond motifs is 1. The molecule has 5 nitrogen and oxygen atoms in total. The van der Waals surface area contributed by atoms with E-state index in [-0.39, 0.29) is 5.91 Å². The van der Waals surface area contributed by atoms with E-state index in [2.05, 4.69) is 27.7 Å². The van der Waals surface area contributed by atoms with Crippen LogP contribution < -0.4 is 5.73 Å². The van der Waals surface area contributed by atoms with Gasteiger partial charge in [-0.2, -0.15) is 0 Å². The monoisotopic (exact) mass is 298 g/mol. The van der Waals surface area contributed by atoms with Crippen LogP contribution in [0.2, 0.25) is 0 Å². The van der Waals surface area contributed by atoms with Crippen LogP contribution in [0.3, 0.4) is 0 Å². The highest BCUT2D eigenvalue weighted by Gasteiger charge is 2.20. The SMILES string of the molecule is CN(Cc1cccc(C(N)=O)c1)C[C@H]1CCc2nccn2C1. The molecule has 0 unspecified atom stereocenters. The molecule has 1 amide bonds. The fourth-order valence-electron chi connectivity index (χ4n) is 3.23. The molecule has 1 aliphatic heterocycles. The van der Waals surface area contributed by atoms with E-state index in [1.165, 1.54) is 12.2 Å². The largest absolute Gasteiger partial charge is 0.366 e. The highest BCUT2D eigenvalue weighted by Crippen LogP contribution is 2.20. The Labute approximate surface area is 130 Å². The Morgan fingerprint density at radius 1 is 1.50 bits per heavy atom. The molecule has 0 aliphatic carbocycles. The Morgan fingerprint density at radius 3 is 3.18 bits per heavy atom. The number of imidazole rings is 1. The van der Waals surface area contributed by atoms with Gasteiger partial charge in [-0.1, -0.05) is 12.1 Å². The van der Waals surface area contributed by atoms with Crippen LogP contribution in [0.15, 0.2) is 36.7 Å². The highest BCUT2D eigenvalue weighted by molar-refractivity contribution is 5.92. The van der Waals surface area contributed by atoms with E-state index in [0.717, 1.165) is 31.6 Å². The van der Waals surface area contributed by atoms with Crippen molar-refractivity contribution in [3.8, 4) is 0 Å². The second-order valence-corrected chi connectivity index (χ2v) is 6.16. The van der Waals surface area contributed by atoms with Crippen molar-refractivity contribution < 1.29 is 4.79 Å². The Kier molecular flexibility index (Phi) is 4.24. The standard InChI is InChI=1S/C17H22N4O/c1-20(10-13-3-2-4-15(9-13)17(18)22)11-14-5-6-16-19-7-8-21(16)12-14/h2-4,7-9,14H,5-6,10-12H2,1H3,(H2,18,22)/t14-/m1/s1. The van der Waals surface area contributed by atoms with Gasteiger partial charge >= 0.3 is 0 Å². The molecule has 0 saturated carbocycles. The van der Waals surface area contributed by atoms with Gasteiger partial charge in [-0.15, -0.1) is 0 Å². The minimum atomic E-state index is -0.371. The topological polar surface area (TPSA) is 64.2 Å². The van der Waals surface area contributed by atoms with Crippen molar-refractivity contribution in [1.82, 2.24) is 14.5 Å². The summed E-state index contributed by atoms with van der Waals surface area (Å²) in [5.41, 5.74) is 7.04. The van der Waals surface area contributed by atoms with E-state index >= 15 is 0 Å². The zero-order valence-corrected chi connectivity index (χ0v) is 12.9. The second-order valence-electron chi connectivity index (χ2n) is 6.16. The van der Waals surface area contributed by atoms with E-state index in [1.807, 2.05) is 24.4 Å². The van der Waals surface area contributed by atoms with Crippen LogP contribution in [0.1, 0.15) is 28.2 Å². The molecule has 1 aromatic carbocycles. The summed E-state index contributed by atoms with van der Waals surface area (Å²) in [6, 6.07) is 7.57. The average Bonchev–Trinajstić information content (AvgIpc) is 2.95. The molecule has 0 bridgehead atoms. The number of carbonyl (C=O) groups excluding carboxylic acids is 1. The number of amides is 1. The van der Waals surface area contributed by atoms with Crippen LogP contribution in [0.4, 0.5) is 0 Å². The molecular weight excluding hydrogens is 276 g/mol. The summed E-state index contributed by atoms with van der Waals surface area (Å²) in [4.78, 5) is 17.9. The van der Waals surface area contributed by atoms with Crippen molar-refractivity contribution in [2.75, 3.05) is 13.6 Å². The van der Waals surface area contributed by atoms with E-state index in [9.17, 15) is 4.79 Å². The Balaban J connectivity index is 1.58. The minimum absolute atomic E-state index is 0.371. The Bertz CT molecular complexity index is 664. The number of aryl methyl sites for hydroxylation is 1. The number of benzene rings is 1. The lowest BCUT2D eigenvalue weighted by molar-refractivity contribution is 0.1000. The number of hydrogen-bond acceptors (Lipinski definition) is 3. The van der Waals surface area contributed by atoms with E-state index in [4.69, 9.17) is 5.73 Å². The molecule has 116 valence electrons. The third kappa shape index (κ3) is 3.36. The van der Waals surface area contributed by atoms with E-state index in [0.29, 0.717) is 11.5 Å². The quantitative estimate of drug-likeness (QED) is 0.913. The summed E-state index contributed by atoms with van der Waals surface area (Å²) < 4.78 is 2.26. The maximum Gasteiger partial charge on any atom is 0.248 e. The summed E-state index contributed by atoms with van der Waals surface area (Å²) in [5.74, 6) is 1.48. The number of hydrogen-bond donors (Lipinski definition) is 1. The second kappa shape index (κ2) is 6.32. The third-order valence-corrected chi connectivity index (χ3v) is 4.27. The normalized spacial score (nSPS) is 17.5. The fraction of sp³-hybridized carbons (Fsp3) is 0.412. The predicted molar refractivity (Wildman–Crippen MR) is 85.3 cm³/mol. The van der Waals surface area contributed by atoms with Gasteiger partial charge in [0.15, 0.2) is 0 Å². The fourth-order valence-corrected chi connectivity index (χ4v) is 3.23. The molecule has 0 radical (unpaired) electrons. The smallest absolute Gasteiger partial charge is 0.248 e. The van der Waals surface area contributed by atoms with Gasteiger partial charge in [0.25, 0.3) is 0 Å². The first-order valence-electron chi connectivity index (χ1n) is 7.69. The van der Waals surface area contributed by atoms with Gasteiger partial charge in [0.05, 0.1) is 0 Å². The van der Waals surface area contributed by atoms with Crippen LogP contribution in [-0.4, -0.2) is 34.0 Å². The van der Waals surface area contributed by atoms with Crippen molar-refractivity contribution in [2.24, 2.45) is 11.7 Å². The summed E-state index contributed by atoms with van der Waals surface area (Å²) in [6.07, 6.45) is 6.19. The summed E-state index contributed by atoms with van der Waals surface area (Å²) in [5, 5.41) is 0. The first kappa shape index (κ1) is 14.8. The molecule has 1 atom stereocenters. The number of carbonyl (C=O) groups is 1. The molecular formula is C17H22N4O. The van der Waals surface area contributed by atoms with Crippen molar-refractivity contribution in [2.45, 2.75) is 25.9 Å². The lowest BCUT2D eigenvalue weighted by Gasteiger charge is -2.28. The van der Waals surface area contributed by atoms with Crippen LogP contribution >= 0.6 is 0 Å². The van der Waals surface area contributed by atoms with Gasteiger partial charge in [-0.25, -0.2) is 4.98 Å². The Morgan fingerprint density at radius 2 is 2.36 bits per heavy atom. The summed E-state index contributed by atoms with van der Waals surface area (Å²) in [6.45, 7) is 2.91. The van der Waals surface area contributed by atoms with Gasteiger partial charge in [0.1, 0.15) is 5.82 Å². The van der Waals surface area contributed by atoms with Crippen LogP contribution in [0, 0.1) is 5.92 Å². The van der Waals surface area contributed by atoms with Crippen molar-refractivity contribution in [3.05, 3.63) is 53.6 Å². The lowest BCUT2D eigenvalue weighted by Crippen LogP contribution is -2.31. The van der Waals surface area contributed by atoms with Crippen molar-refractivity contribution >= 4 is 5.91 Å². The molecule has 0 spiro atoms. The van der Waals surface area contributed by atoms with Gasteiger partial charge in [-0.05, 0) is 37.1 Å². The molecule has 0 fully saturated rings. The molecule has 0 saturated heterocycles. The lowest BCUT2D eigenvalue weighted by atomic mass is 9.98. The first-order valence-corrected chi connectivity index (χ1v) is 7.69. The molecule has 2 aromatic rings. The molecule has 1 aromatic heterocycles. The number of nitrogens with two attached hydrogens (primary N) is 1. The zero-order valence-electron chi connectivity index (χ0n) is 12.9. The van der Waals surface area contributed by atoms with Gasteiger partial charge in [0, 0.05) is 44.0 Å². The maximum absolute atomic E-state index is 11.2.